The average Bonchev–Trinajstić information content (AvgIpc) is 2.19. The van der Waals surface area contributed by atoms with Gasteiger partial charge in [0.05, 0.1) is 7.11 Å². The molecule has 0 saturated heterocycles. The van der Waals surface area contributed by atoms with Crippen LogP contribution < -0.4 is 5.32 Å². The minimum atomic E-state index is -0.383. The molecule has 1 rings (SSSR count). The van der Waals surface area contributed by atoms with Crippen molar-refractivity contribution in [3.8, 4) is 0 Å². The van der Waals surface area contributed by atoms with Gasteiger partial charge in [-0.05, 0) is 19.1 Å². The molecular weight excluding hydrogens is 180 g/mol. The van der Waals surface area contributed by atoms with E-state index in [-0.39, 0.29) is 5.97 Å². The third-order valence-electron chi connectivity index (χ3n) is 1.53. The summed E-state index contributed by atoms with van der Waals surface area (Å²) in [5.74, 6) is 0.316. The molecule has 0 radical (unpaired) electrons. The van der Waals surface area contributed by atoms with E-state index in [9.17, 15) is 4.79 Å². The van der Waals surface area contributed by atoms with Crippen LogP contribution in [0.1, 0.15) is 6.92 Å². The van der Waals surface area contributed by atoms with Crippen molar-refractivity contribution in [1.82, 2.24) is 4.98 Å². The molecule has 0 aliphatic carbocycles. The summed E-state index contributed by atoms with van der Waals surface area (Å²) in [5, 5.41) is 2.96. The number of methoxy groups -OCH3 is 1. The molecule has 0 amide bonds. The molecule has 0 saturated carbocycles. The molecule has 0 atom stereocenters. The zero-order valence-corrected chi connectivity index (χ0v) is 8.15. The standard InChI is InChI=1S/C10H12N2O2/c1-8(7-10(13)14-2)12-9-5-3-4-6-11-9/h3-7H,1-2H3,(H,11,12)/b8-7+. The smallest absolute Gasteiger partial charge is 0.332 e. The number of pyridine rings is 1. The van der Waals surface area contributed by atoms with Crippen molar-refractivity contribution in [3.05, 3.63) is 36.2 Å². The van der Waals surface area contributed by atoms with Gasteiger partial charge in [0.25, 0.3) is 0 Å². The predicted octanol–water partition coefficient (Wildman–Crippen LogP) is 1.57. The number of allylic oxidation sites excluding steroid dienone is 1. The molecule has 1 aromatic rings. The largest absolute Gasteiger partial charge is 0.466 e. The van der Waals surface area contributed by atoms with E-state index in [0.717, 1.165) is 0 Å². The summed E-state index contributed by atoms with van der Waals surface area (Å²) in [4.78, 5) is 14.9. The van der Waals surface area contributed by atoms with E-state index in [0.29, 0.717) is 11.5 Å². The molecule has 1 N–H and O–H groups in total. The number of carbonyl (C=O) groups is 1. The van der Waals surface area contributed by atoms with Crippen molar-refractivity contribution >= 4 is 11.8 Å². The summed E-state index contributed by atoms with van der Waals surface area (Å²) in [6, 6.07) is 5.50. The minimum Gasteiger partial charge on any atom is -0.466 e. The van der Waals surface area contributed by atoms with E-state index in [1.54, 1.807) is 13.1 Å². The monoisotopic (exact) mass is 192 g/mol. The van der Waals surface area contributed by atoms with Crippen LogP contribution in [0.15, 0.2) is 36.2 Å². The van der Waals surface area contributed by atoms with Gasteiger partial charge in [-0.1, -0.05) is 6.07 Å². The molecule has 0 fully saturated rings. The summed E-state index contributed by atoms with van der Waals surface area (Å²) >= 11 is 0. The van der Waals surface area contributed by atoms with Crippen LogP contribution in [0, 0.1) is 0 Å². The zero-order chi connectivity index (χ0) is 10.4. The minimum absolute atomic E-state index is 0.383. The Balaban J connectivity index is 2.61. The van der Waals surface area contributed by atoms with E-state index >= 15 is 0 Å². The number of rotatable bonds is 3. The van der Waals surface area contributed by atoms with Crippen LogP contribution in [-0.4, -0.2) is 18.1 Å². The Kier molecular flexibility index (Phi) is 3.67. The molecule has 74 valence electrons. The number of hydrogen-bond acceptors (Lipinski definition) is 4. The highest BCUT2D eigenvalue weighted by Crippen LogP contribution is 2.04. The van der Waals surface area contributed by atoms with Gasteiger partial charge in [-0.25, -0.2) is 9.78 Å². The number of aromatic nitrogens is 1. The van der Waals surface area contributed by atoms with Gasteiger partial charge in [0.15, 0.2) is 0 Å². The van der Waals surface area contributed by atoms with Crippen molar-refractivity contribution in [2.24, 2.45) is 0 Å². The molecule has 0 aromatic carbocycles. The van der Waals surface area contributed by atoms with Gasteiger partial charge in [-0.2, -0.15) is 0 Å². The van der Waals surface area contributed by atoms with E-state index in [1.807, 2.05) is 18.2 Å². The second-order valence-corrected chi connectivity index (χ2v) is 2.69. The number of esters is 1. The molecule has 4 nitrogen and oxygen atoms in total. The van der Waals surface area contributed by atoms with Gasteiger partial charge in [-0.3, -0.25) is 0 Å². The quantitative estimate of drug-likeness (QED) is 0.583. The molecule has 0 aliphatic heterocycles. The van der Waals surface area contributed by atoms with E-state index < -0.39 is 0 Å². The van der Waals surface area contributed by atoms with Gasteiger partial charge < -0.3 is 10.1 Å². The fourth-order valence-corrected chi connectivity index (χ4v) is 0.910. The molecule has 0 spiro atoms. The van der Waals surface area contributed by atoms with Crippen LogP contribution >= 0.6 is 0 Å². The molecule has 1 aromatic heterocycles. The molecule has 1 heterocycles. The first-order chi connectivity index (χ1) is 6.72. The summed E-state index contributed by atoms with van der Waals surface area (Å²) < 4.78 is 4.48. The predicted molar refractivity (Wildman–Crippen MR) is 53.6 cm³/mol. The van der Waals surface area contributed by atoms with Crippen LogP contribution in [0.5, 0.6) is 0 Å². The second kappa shape index (κ2) is 5.01. The number of hydrogen-bond donors (Lipinski definition) is 1. The Hall–Kier alpha value is -1.84. The van der Waals surface area contributed by atoms with Crippen LogP contribution in [0.25, 0.3) is 0 Å². The van der Waals surface area contributed by atoms with Crippen molar-refractivity contribution in [2.45, 2.75) is 6.92 Å². The highest BCUT2D eigenvalue weighted by Gasteiger charge is 1.97. The lowest BCUT2D eigenvalue weighted by Gasteiger charge is -2.03. The van der Waals surface area contributed by atoms with Crippen LogP contribution in [0.3, 0.4) is 0 Å². The molecular formula is C10H12N2O2. The van der Waals surface area contributed by atoms with Crippen LogP contribution in [-0.2, 0) is 9.53 Å². The van der Waals surface area contributed by atoms with Gasteiger partial charge in [-0.15, -0.1) is 0 Å². The Bertz CT molecular complexity index is 333. The number of carbonyl (C=O) groups excluding carboxylic acids is 1. The maximum Gasteiger partial charge on any atom is 0.332 e. The average molecular weight is 192 g/mol. The van der Waals surface area contributed by atoms with Gasteiger partial charge in [0, 0.05) is 18.0 Å². The van der Waals surface area contributed by atoms with E-state index in [1.165, 1.54) is 13.2 Å². The van der Waals surface area contributed by atoms with Gasteiger partial charge in [0.1, 0.15) is 5.82 Å². The normalized spacial score (nSPS) is 10.9. The first-order valence-electron chi connectivity index (χ1n) is 4.16. The van der Waals surface area contributed by atoms with Crippen molar-refractivity contribution in [3.63, 3.8) is 0 Å². The molecule has 0 bridgehead atoms. The van der Waals surface area contributed by atoms with Crippen LogP contribution in [0.4, 0.5) is 5.82 Å². The maximum absolute atomic E-state index is 10.9. The Morgan fingerprint density at radius 2 is 2.36 bits per heavy atom. The summed E-state index contributed by atoms with van der Waals surface area (Å²) in [6.45, 7) is 1.77. The Morgan fingerprint density at radius 1 is 1.57 bits per heavy atom. The lowest BCUT2D eigenvalue weighted by Crippen LogP contribution is -2.02. The molecule has 14 heavy (non-hydrogen) atoms. The molecule has 0 aliphatic rings. The van der Waals surface area contributed by atoms with Gasteiger partial charge >= 0.3 is 5.97 Å². The first-order valence-corrected chi connectivity index (χ1v) is 4.16. The second-order valence-electron chi connectivity index (χ2n) is 2.69. The van der Waals surface area contributed by atoms with Crippen molar-refractivity contribution < 1.29 is 9.53 Å². The Labute approximate surface area is 82.6 Å². The fraction of sp³-hybridized carbons (Fsp3) is 0.200. The summed E-state index contributed by atoms with van der Waals surface area (Å²) in [5.41, 5.74) is 0.690. The number of anilines is 1. The number of nitrogens with one attached hydrogen (secondary N) is 1. The highest BCUT2D eigenvalue weighted by atomic mass is 16.5. The Morgan fingerprint density at radius 3 is 2.93 bits per heavy atom. The molecule has 0 unspecified atom stereocenters. The van der Waals surface area contributed by atoms with Crippen molar-refractivity contribution in [1.29, 1.82) is 0 Å². The number of nitrogens with zero attached hydrogens (tertiary/aromatic N) is 1. The first kappa shape index (κ1) is 10.2. The SMILES string of the molecule is COC(=O)/C=C(\C)Nc1ccccn1. The highest BCUT2D eigenvalue weighted by molar-refractivity contribution is 5.83. The lowest BCUT2D eigenvalue weighted by molar-refractivity contribution is -0.134. The van der Waals surface area contributed by atoms with Gasteiger partial charge in [0.2, 0.25) is 0 Å². The summed E-state index contributed by atoms with van der Waals surface area (Å²) in [6.07, 6.45) is 3.04. The molecule has 4 heteroatoms. The zero-order valence-electron chi connectivity index (χ0n) is 8.15. The maximum atomic E-state index is 10.9. The van der Waals surface area contributed by atoms with Crippen LogP contribution in [0.2, 0.25) is 0 Å². The van der Waals surface area contributed by atoms with E-state index in [4.69, 9.17) is 0 Å². The third-order valence-corrected chi connectivity index (χ3v) is 1.53. The topological polar surface area (TPSA) is 51.2 Å². The third kappa shape index (κ3) is 3.26. The summed E-state index contributed by atoms with van der Waals surface area (Å²) in [7, 11) is 1.34. The number of ether oxygens (including phenoxy) is 1. The van der Waals surface area contributed by atoms with E-state index in [2.05, 4.69) is 15.0 Å². The van der Waals surface area contributed by atoms with Crippen molar-refractivity contribution in [2.75, 3.05) is 12.4 Å². The fourth-order valence-electron chi connectivity index (χ4n) is 0.910. The lowest BCUT2D eigenvalue weighted by atomic mass is 10.4.